The van der Waals surface area contributed by atoms with E-state index in [0.717, 1.165) is 16.5 Å². The van der Waals surface area contributed by atoms with E-state index in [9.17, 15) is 31.5 Å². The summed E-state index contributed by atoms with van der Waals surface area (Å²) in [6.07, 6.45) is 0.260. The van der Waals surface area contributed by atoms with Crippen LogP contribution in [0.2, 0.25) is 0 Å². The molecule has 1 fully saturated rings. The van der Waals surface area contributed by atoms with E-state index in [2.05, 4.69) is 51.1 Å². The van der Waals surface area contributed by atoms with E-state index in [1.54, 1.807) is 24.4 Å². The number of carboxylic acids is 1. The summed E-state index contributed by atoms with van der Waals surface area (Å²) in [6.45, 7) is 5.71. The molecule has 0 unspecified atom stereocenters. The van der Waals surface area contributed by atoms with Crippen LogP contribution < -0.4 is 10.2 Å². The predicted molar refractivity (Wildman–Crippen MR) is 163 cm³/mol. The third-order valence-corrected chi connectivity index (χ3v) is 8.01. The van der Waals surface area contributed by atoms with E-state index >= 15 is 0 Å². The van der Waals surface area contributed by atoms with Crippen molar-refractivity contribution in [2.45, 2.75) is 25.9 Å². The number of carboxylic acid groups (broad SMARTS) is 1. The average Bonchev–Trinajstić information content (AvgIpc) is 2.94. The second kappa shape index (κ2) is 13.1. The van der Waals surface area contributed by atoms with Crippen LogP contribution in [0.3, 0.4) is 0 Å². The highest BCUT2D eigenvalue weighted by molar-refractivity contribution is 7.90. The summed E-state index contributed by atoms with van der Waals surface area (Å²) >= 11 is 0. The summed E-state index contributed by atoms with van der Waals surface area (Å²) in [5.41, 5.74) is 3.02. The van der Waals surface area contributed by atoms with Crippen molar-refractivity contribution in [2.75, 3.05) is 35.3 Å². The lowest BCUT2D eigenvalue weighted by atomic mass is 9.93. The van der Waals surface area contributed by atoms with Crippen molar-refractivity contribution in [3.63, 3.8) is 0 Å². The molecule has 1 saturated heterocycles. The molecular formula is C30H30F3N5O6S. The second-order valence-electron chi connectivity index (χ2n) is 10.9. The molecule has 0 spiro atoms. The maximum atomic E-state index is 11.7. The molecule has 0 radical (unpaired) electrons. The first kappa shape index (κ1) is 33.1. The molecule has 0 saturated carbocycles. The summed E-state index contributed by atoms with van der Waals surface area (Å²) in [5.74, 6) is -0.638. The zero-order valence-corrected chi connectivity index (χ0v) is 25.2. The van der Waals surface area contributed by atoms with Gasteiger partial charge in [-0.1, -0.05) is 19.9 Å². The van der Waals surface area contributed by atoms with Crippen LogP contribution in [0.1, 0.15) is 35.7 Å². The highest BCUT2D eigenvalue weighted by Gasteiger charge is 2.38. The smallest absolute Gasteiger partial charge is 0.490 e. The number of benzene rings is 2. The maximum Gasteiger partial charge on any atom is 0.490 e. The highest BCUT2D eigenvalue weighted by Crippen LogP contribution is 2.37. The van der Waals surface area contributed by atoms with Gasteiger partial charge in [-0.15, -0.1) is 0 Å². The molecule has 1 aliphatic heterocycles. The van der Waals surface area contributed by atoms with E-state index < -0.39 is 22.0 Å². The Hall–Kier alpha value is -4.79. The number of nitrogens with zero attached hydrogens (tertiary/aromatic N) is 4. The maximum absolute atomic E-state index is 11.7. The van der Waals surface area contributed by atoms with Crippen molar-refractivity contribution < 1.29 is 41.4 Å². The lowest BCUT2D eigenvalue weighted by Crippen LogP contribution is -2.49. The normalized spacial score (nSPS) is 13.6. The Morgan fingerprint density at radius 2 is 1.78 bits per heavy atom. The molecular weight excluding hydrogens is 615 g/mol. The standard InChI is InChI=1S/C28H29N5O4S.C2HF3O2/c1-17(2)21-5-6-24(33-13-18(14-33)16-38(3,36)37)23-12-30-27(11-22(21)23)31-26-8-9-29-28(32-26)19-4-7-25(35)20(10-19)15-34;3-2(4,5)1(6)7/h4-12,15,17-18,35H,13-14,16H2,1-3H3,(H,29,30,31,32);(H,6,7). The molecule has 45 heavy (non-hydrogen) atoms. The minimum Gasteiger partial charge on any atom is -0.507 e. The van der Waals surface area contributed by atoms with Gasteiger partial charge in [-0.05, 0) is 53.3 Å². The van der Waals surface area contributed by atoms with Crippen LogP contribution >= 0.6 is 0 Å². The number of anilines is 3. The Morgan fingerprint density at radius 3 is 2.38 bits per heavy atom. The summed E-state index contributed by atoms with van der Waals surface area (Å²) in [4.78, 5) is 35.8. The molecule has 1 aliphatic rings. The number of hydrogen-bond acceptors (Lipinski definition) is 10. The van der Waals surface area contributed by atoms with Gasteiger partial charge in [-0.3, -0.25) is 4.79 Å². The van der Waals surface area contributed by atoms with Crippen LogP contribution in [0.15, 0.2) is 54.9 Å². The van der Waals surface area contributed by atoms with Crippen molar-refractivity contribution in [3.8, 4) is 17.1 Å². The van der Waals surface area contributed by atoms with Crippen molar-refractivity contribution >= 4 is 50.2 Å². The van der Waals surface area contributed by atoms with E-state index in [1.807, 2.05) is 12.3 Å². The van der Waals surface area contributed by atoms with Gasteiger partial charge in [0, 0.05) is 54.3 Å². The molecule has 2 aromatic carbocycles. The molecule has 15 heteroatoms. The van der Waals surface area contributed by atoms with E-state index in [4.69, 9.17) is 9.90 Å². The van der Waals surface area contributed by atoms with Crippen LogP contribution in [0, 0.1) is 5.92 Å². The van der Waals surface area contributed by atoms with Gasteiger partial charge in [0.1, 0.15) is 27.2 Å². The number of phenols is 1. The monoisotopic (exact) mass is 645 g/mol. The number of aliphatic carboxylic acids is 1. The number of rotatable bonds is 8. The average molecular weight is 646 g/mol. The van der Waals surface area contributed by atoms with Gasteiger partial charge >= 0.3 is 12.1 Å². The fraction of sp³-hybridized carbons (Fsp3) is 0.300. The molecule has 11 nitrogen and oxygen atoms in total. The van der Waals surface area contributed by atoms with Gasteiger partial charge in [0.05, 0.1) is 11.3 Å². The molecule has 4 aromatic rings. The van der Waals surface area contributed by atoms with Crippen molar-refractivity contribution in [3.05, 3.63) is 66.0 Å². The van der Waals surface area contributed by atoms with Crippen molar-refractivity contribution in [1.82, 2.24) is 15.0 Å². The third-order valence-electron chi connectivity index (χ3n) is 6.94. The molecule has 0 atom stereocenters. The van der Waals surface area contributed by atoms with E-state index in [-0.39, 0.29) is 23.0 Å². The van der Waals surface area contributed by atoms with Crippen molar-refractivity contribution in [2.24, 2.45) is 5.92 Å². The Labute approximate surface area is 256 Å². The van der Waals surface area contributed by atoms with Gasteiger partial charge in [-0.2, -0.15) is 13.2 Å². The summed E-state index contributed by atoms with van der Waals surface area (Å²) < 4.78 is 55.1. The Kier molecular flexibility index (Phi) is 9.61. The van der Waals surface area contributed by atoms with Crippen LogP contribution in [0.25, 0.3) is 22.2 Å². The number of pyridine rings is 1. The molecule has 0 aliphatic carbocycles. The van der Waals surface area contributed by atoms with E-state index in [1.165, 1.54) is 17.9 Å². The number of phenolic OH excluding ortho intramolecular Hbond substituents is 1. The highest BCUT2D eigenvalue weighted by atomic mass is 32.2. The zero-order chi connectivity index (χ0) is 33.1. The molecule has 3 heterocycles. The largest absolute Gasteiger partial charge is 0.507 e. The fourth-order valence-electron chi connectivity index (χ4n) is 4.88. The molecule has 2 aromatic heterocycles. The SMILES string of the molecule is CC(C)c1ccc(N2CC(CS(C)(=O)=O)C2)c2cnc(Nc3ccnc(-c4ccc(O)c(C=O)c4)n3)cc12.O=C(O)C(F)(F)F. The number of aromatic hydroxyl groups is 1. The Balaban J connectivity index is 0.000000591. The van der Waals surface area contributed by atoms with E-state index in [0.29, 0.717) is 48.3 Å². The summed E-state index contributed by atoms with van der Waals surface area (Å²) in [5, 5.41) is 22.3. The van der Waals surface area contributed by atoms with Gasteiger partial charge in [-0.25, -0.2) is 28.2 Å². The number of aromatic nitrogens is 3. The molecule has 0 amide bonds. The predicted octanol–water partition coefficient (Wildman–Crippen LogP) is 5.19. The second-order valence-corrected chi connectivity index (χ2v) is 13.1. The minimum atomic E-state index is -5.08. The number of halogens is 3. The number of nitrogens with one attached hydrogen (secondary N) is 1. The number of sulfone groups is 1. The number of carbonyl (C=O) groups is 2. The summed E-state index contributed by atoms with van der Waals surface area (Å²) in [6, 6.07) is 12.6. The number of alkyl halides is 3. The first-order chi connectivity index (χ1) is 21.1. The first-order valence-electron chi connectivity index (χ1n) is 13.6. The lowest BCUT2D eigenvalue weighted by Gasteiger charge is -2.41. The van der Waals surface area contributed by atoms with Crippen molar-refractivity contribution in [1.29, 1.82) is 0 Å². The zero-order valence-electron chi connectivity index (χ0n) is 24.4. The van der Waals surface area contributed by atoms with Crippen LogP contribution in [-0.4, -0.2) is 77.1 Å². The van der Waals surface area contributed by atoms with Crippen LogP contribution in [0.4, 0.5) is 30.5 Å². The number of aldehydes is 1. The Morgan fingerprint density at radius 1 is 1.09 bits per heavy atom. The number of hydrogen-bond donors (Lipinski definition) is 3. The molecule has 3 N–H and O–H groups in total. The quantitative estimate of drug-likeness (QED) is 0.216. The fourth-order valence-corrected chi connectivity index (χ4v) is 5.95. The van der Waals surface area contributed by atoms with Gasteiger partial charge < -0.3 is 20.4 Å². The van der Waals surface area contributed by atoms with Gasteiger partial charge in [0.2, 0.25) is 0 Å². The Bertz CT molecular complexity index is 1840. The lowest BCUT2D eigenvalue weighted by molar-refractivity contribution is -0.192. The number of carbonyl (C=O) groups excluding carboxylic acids is 1. The third kappa shape index (κ3) is 8.23. The molecule has 238 valence electrons. The molecule has 0 bridgehead atoms. The van der Waals surface area contributed by atoms with Gasteiger partial charge in [0.15, 0.2) is 12.1 Å². The van der Waals surface area contributed by atoms with Crippen LogP contribution in [0.5, 0.6) is 5.75 Å². The van der Waals surface area contributed by atoms with Crippen LogP contribution in [-0.2, 0) is 14.6 Å². The summed E-state index contributed by atoms with van der Waals surface area (Å²) in [7, 11) is -3.00. The first-order valence-corrected chi connectivity index (χ1v) is 15.7. The number of fused-ring (bicyclic) bond motifs is 1. The van der Waals surface area contributed by atoms with Gasteiger partial charge in [0.25, 0.3) is 0 Å². The topological polar surface area (TPSA) is 163 Å². The molecule has 5 rings (SSSR count). The minimum absolute atomic E-state index is 0.0946.